The highest BCUT2D eigenvalue weighted by atomic mass is 32.2. The van der Waals surface area contributed by atoms with Gasteiger partial charge in [0.2, 0.25) is 0 Å². The van der Waals surface area contributed by atoms with E-state index in [1.165, 1.54) is 18.7 Å². The van der Waals surface area contributed by atoms with E-state index in [4.69, 9.17) is 4.74 Å². The highest BCUT2D eigenvalue weighted by Crippen LogP contribution is 2.36. The summed E-state index contributed by atoms with van der Waals surface area (Å²) in [5.41, 5.74) is 5.64. The number of carbonyl (C=O) groups excluding carboxylic acids is 1. The average Bonchev–Trinajstić information content (AvgIpc) is 2.93. The highest BCUT2D eigenvalue weighted by Gasteiger charge is 2.23. The Balaban J connectivity index is 1.17. The highest BCUT2D eigenvalue weighted by molar-refractivity contribution is 8.00. The lowest BCUT2D eigenvalue weighted by Crippen LogP contribution is -2.48. The van der Waals surface area contributed by atoms with Crippen LogP contribution in [0.15, 0.2) is 64.5 Å². The number of para-hydroxylation sites is 1. The van der Waals surface area contributed by atoms with Gasteiger partial charge in [-0.3, -0.25) is 14.7 Å². The number of ether oxygens (including phenoxy) is 1. The number of benzene rings is 3. The molecule has 0 spiro atoms. The summed E-state index contributed by atoms with van der Waals surface area (Å²) >= 11 is 1.55. The van der Waals surface area contributed by atoms with Crippen molar-refractivity contribution >= 4 is 35.4 Å². The van der Waals surface area contributed by atoms with Gasteiger partial charge in [0.05, 0.1) is 17.7 Å². The summed E-state index contributed by atoms with van der Waals surface area (Å²) in [6.07, 6.45) is 3.99. The van der Waals surface area contributed by atoms with Gasteiger partial charge in [0.15, 0.2) is 0 Å². The minimum absolute atomic E-state index is 0.0315. The third-order valence-electron chi connectivity index (χ3n) is 6.90. The van der Waals surface area contributed by atoms with E-state index >= 15 is 0 Å². The van der Waals surface area contributed by atoms with Crippen LogP contribution >= 0.6 is 11.9 Å². The molecule has 0 aromatic heterocycles. The second-order valence-corrected chi connectivity index (χ2v) is 10.2. The van der Waals surface area contributed by atoms with E-state index in [-0.39, 0.29) is 11.7 Å². The molecule has 0 aliphatic carbocycles. The van der Waals surface area contributed by atoms with Gasteiger partial charge in [0.1, 0.15) is 11.6 Å². The van der Waals surface area contributed by atoms with E-state index in [9.17, 15) is 9.18 Å². The quantitative estimate of drug-likeness (QED) is 0.397. The molecular formula is C29H31FN4O2S. The fourth-order valence-electron chi connectivity index (χ4n) is 4.71. The lowest BCUT2D eigenvalue weighted by Gasteiger charge is -2.35. The summed E-state index contributed by atoms with van der Waals surface area (Å²) in [6.45, 7) is 5.17. The average molecular weight is 519 g/mol. The van der Waals surface area contributed by atoms with Crippen LogP contribution in [-0.2, 0) is 13.0 Å². The first-order valence-corrected chi connectivity index (χ1v) is 13.4. The number of nitrogens with one attached hydrogen (secondary N) is 1. The first kappa shape index (κ1) is 25.3. The normalized spacial score (nSPS) is 15.4. The monoisotopic (exact) mass is 518 g/mol. The van der Waals surface area contributed by atoms with Crippen molar-refractivity contribution in [2.45, 2.75) is 31.2 Å². The molecule has 1 saturated heterocycles. The van der Waals surface area contributed by atoms with Crippen LogP contribution in [0.5, 0.6) is 5.75 Å². The van der Waals surface area contributed by atoms with Gasteiger partial charge in [0.25, 0.3) is 5.91 Å². The number of aliphatic imine (C=N–C) groups is 1. The molecule has 37 heavy (non-hydrogen) atoms. The maximum atomic E-state index is 14.3. The molecule has 3 aromatic rings. The number of aryl methyl sites for hydroxylation is 2. The first-order chi connectivity index (χ1) is 18.0. The molecule has 2 aliphatic rings. The molecule has 3 aromatic carbocycles. The molecule has 2 aliphatic heterocycles. The molecule has 0 bridgehead atoms. The van der Waals surface area contributed by atoms with Crippen LogP contribution in [0.4, 0.5) is 15.8 Å². The molecule has 2 heterocycles. The summed E-state index contributed by atoms with van der Waals surface area (Å²) in [5, 5.41) is 0. The minimum Gasteiger partial charge on any atom is -0.497 e. The van der Waals surface area contributed by atoms with Crippen molar-refractivity contribution in [3.63, 3.8) is 0 Å². The number of fused-ring (bicyclic) bond motifs is 1. The predicted octanol–water partition coefficient (Wildman–Crippen LogP) is 5.87. The number of methoxy groups -OCH3 is 1. The van der Waals surface area contributed by atoms with Gasteiger partial charge in [-0.05, 0) is 73.2 Å². The molecule has 0 saturated carbocycles. The van der Waals surface area contributed by atoms with E-state index in [1.54, 1.807) is 24.1 Å². The van der Waals surface area contributed by atoms with Crippen molar-refractivity contribution in [1.82, 2.24) is 9.80 Å². The second kappa shape index (κ2) is 11.4. The maximum Gasteiger partial charge on any atom is 0.253 e. The number of anilines is 1. The van der Waals surface area contributed by atoms with Crippen molar-refractivity contribution in [2.24, 2.45) is 4.99 Å². The SMILES string of the molecule is COc1ccc(CN2CCN(C(=O)c3ccc(NSc4cccc5c4N=CCC5)c(C)c3)CC2)c(F)c1. The van der Waals surface area contributed by atoms with Crippen molar-refractivity contribution in [1.29, 1.82) is 0 Å². The topological polar surface area (TPSA) is 57.2 Å². The fourth-order valence-corrected chi connectivity index (χ4v) is 5.59. The number of carbonyl (C=O) groups is 1. The fraction of sp³-hybridized carbons (Fsp3) is 0.310. The number of hydrogen-bond donors (Lipinski definition) is 1. The Hall–Kier alpha value is -3.36. The molecule has 0 unspecified atom stereocenters. The molecular weight excluding hydrogens is 487 g/mol. The number of halogens is 1. The molecule has 1 N–H and O–H groups in total. The Morgan fingerprint density at radius 3 is 2.70 bits per heavy atom. The van der Waals surface area contributed by atoms with Gasteiger partial charge in [-0.2, -0.15) is 0 Å². The third kappa shape index (κ3) is 5.81. The Bertz CT molecular complexity index is 1320. The van der Waals surface area contributed by atoms with E-state index in [0.717, 1.165) is 34.7 Å². The molecule has 5 rings (SSSR count). The summed E-state index contributed by atoms with van der Waals surface area (Å²) in [5.74, 6) is 0.282. The Kier molecular flexibility index (Phi) is 7.76. The van der Waals surface area contributed by atoms with Crippen LogP contribution in [0, 0.1) is 12.7 Å². The van der Waals surface area contributed by atoms with Gasteiger partial charge in [-0.15, -0.1) is 0 Å². The van der Waals surface area contributed by atoms with E-state index in [2.05, 4.69) is 32.8 Å². The van der Waals surface area contributed by atoms with E-state index in [0.29, 0.717) is 49.6 Å². The largest absolute Gasteiger partial charge is 0.497 e. The van der Waals surface area contributed by atoms with Crippen LogP contribution in [0.1, 0.15) is 33.5 Å². The van der Waals surface area contributed by atoms with Gasteiger partial charge in [0, 0.05) is 61.8 Å². The number of rotatable bonds is 7. The standard InChI is InChI=1S/C29H31FN4O2S/c1-20-17-22(9-11-26(20)32-37-27-7-3-5-21-6-4-12-31-28(21)27)29(35)34-15-13-33(14-16-34)19-23-8-10-24(36-2)18-25(23)30/h3,5,7-12,17-18,32H,4,6,13-16,19H2,1-2H3. The second-order valence-electron chi connectivity index (χ2n) is 9.37. The Labute approximate surface area is 221 Å². The Morgan fingerprint density at radius 2 is 1.95 bits per heavy atom. The smallest absolute Gasteiger partial charge is 0.253 e. The maximum absolute atomic E-state index is 14.3. The molecule has 0 atom stereocenters. The van der Waals surface area contributed by atoms with Crippen LogP contribution in [-0.4, -0.2) is 55.2 Å². The van der Waals surface area contributed by atoms with Crippen LogP contribution in [0.3, 0.4) is 0 Å². The zero-order chi connectivity index (χ0) is 25.8. The van der Waals surface area contributed by atoms with Gasteiger partial charge < -0.3 is 14.4 Å². The number of piperazine rings is 1. The summed E-state index contributed by atoms with van der Waals surface area (Å²) in [4.78, 5) is 22.9. The predicted molar refractivity (Wildman–Crippen MR) is 148 cm³/mol. The van der Waals surface area contributed by atoms with Gasteiger partial charge >= 0.3 is 0 Å². The van der Waals surface area contributed by atoms with E-state index in [1.807, 2.05) is 36.2 Å². The molecule has 1 fully saturated rings. The summed E-state index contributed by atoms with van der Waals surface area (Å²) < 4.78 is 22.9. The van der Waals surface area contributed by atoms with Crippen molar-refractivity contribution < 1.29 is 13.9 Å². The van der Waals surface area contributed by atoms with Gasteiger partial charge in [-0.1, -0.05) is 18.2 Å². The lowest BCUT2D eigenvalue weighted by molar-refractivity contribution is 0.0627. The zero-order valence-corrected chi connectivity index (χ0v) is 22.0. The first-order valence-electron chi connectivity index (χ1n) is 12.5. The van der Waals surface area contributed by atoms with Crippen molar-refractivity contribution in [2.75, 3.05) is 38.0 Å². The molecule has 8 heteroatoms. The Morgan fingerprint density at radius 1 is 1.11 bits per heavy atom. The lowest BCUT2D eigenvalue weighted by atomic mass is 10.1. The molecule has 192 valence electrons. The number of amides is 1. The van der Waals surface area contributed by atoms with Crippen LogP contribution in [0.2, 0.25) is 0 Å². The van der Waals surface area contributed by atoms with Crippen molar-refractivity contribution in [3.8, 4) is 5.75 Å². The number of nitrogens with zero attached hydrogens (tertiary/aromatic N) is 3. The molecule has 0 radical (unpaired) electrons. The van der Waals surface area contributed by atoms with E-state index < -0.39 is 0 Å². The van der Waals surface area contributed by atoms with Gasteiger partial charge in [-0.25, -0.2) is 4.39 Å². The summed E-state index contributed by atoms with van der Waals surface area (Å²) in [6, 6.07) is 17.0. The summed E-state index contributed by atoms with van der Waals surface area (Å²) in [7, 11) is 1.53. The zero-order valence-electron chi connectivity index (χ0n) is 21.2. The minimum atomic E-state index is -0.264. The van der Waals surface area contributed by atoms with Crippen molar-refractivity contribution in [3.05, 3.63) is 82.7 Å². The number of hydrogen-bond acceptors (Lipinski definition) is 6. The van der Waals surface area contributed by atoms with Crippen LogP contribution < -0.4 is 9.46 Å². The molecule has 1 amide bonds. The van der Waals surface area contributed by atoms with Crippen LogP contribution in [0.25, 0.3) is 0 Å². The molecule has 6 nitrogen and oxygen atoms in total. The third-order valence-corrected chi connectivity index (χ3v) is 7.78.